The number of nitrogens with zero attached hydrogens (tertiary/aromatic N) is 1. The molecule has 0 aliphatic carbocycles. The van der Waals surface area contributed by atoms with Gasteiger partial charge in [0.05, 0.1) is 19.3 Å². The Morgan fingerprint density at radius 1 is 1.69 bits per heavy atom. The van der Waals surface area contributed by atoms with E-state index in [2.05, 4.69) is 4.74 Å². The van der Waals surface area contributed by atoms with Crippen molar-refractivity contribution >= 4 is 5.97 Å². The van der Waals surface area contributed by atoms with Crippen LogP contribution in [0.3, 0.4) is 0 Å². The van der Waals surface area contributed by atoms with Gasteiger partial charge in [0.15, 0.2) is 0 Å². The Morgan fingerprint density at radius 3 is 2.92 bits per heavy atom. The maximum Gasteiger partial charge on any atom is 0.335 e. The molecule has 0 saturated heterocycles. The van der Waals surface area contributed by atoms with E-state index in [9.17, 15) is 4.79 Å². The maximum absolute atomic E-state index is 11.1. The number of hydrogen-bond donors (Lipinski definition) is 1. The molecular weight excluding hydrogens is 170 g/mol. The minimum Gasteiger partial charge on any atom is -0.466 e. The van der Waals surface area contributed by atoms with Crippen LogP contribution in [0.15, 0.2) is 23.5 Å². The Morgan fingerprint density at radius 2 is 2.38 bits per heavy atom. The number of carbonyl (C=O) groups is 1. The first-order valence-electron chi connectivity index (χ1n) is 3.98. The summed E-state index contributed by atoms with van der Waals surface area (Å²) < 4.78 is 4.59. The highest BCUT2D eigenvalue weighted by atomic mass is 16.5. The van der Waals surface area contributed by atoms with Crippen molar-refractivity contribution in [2.24, 2.45) is 0 Å². The Labute approximate surface area is 77.1 Å². The molecule has 0 saturated carbocycles. The normalized spacial score (nSPS) is 16.4. The molecule has 0 aromatic heterocycles. The quantitative estimate of drug-likeness (QED) is 0.624. The molecule has 0 aromatic rings. The third-order valence-electron chi connectivity index (χ3n) is 1.81. The van der Waals surface area contributed by atoms with E-state index in [-0.39, 0.29) is 12.6 Å². The zero-order valence-corrected chi connectivity index (χ0v) is 7.78. The molecule has 1 rings (SSSR count). The lowest BCUT2D eigenvalue weighted by molar-refractivity contribution is -0.136. The topological polar surface area (TPSA) is 49.8 Å². The van der Waals surface area contributed by atoms with Gasteiger partial charge < -0.3 is 14.7 Å². The van der Waals surface area contributed by atoms with Gasteiger partial charge in [-0.05, 0) is 5.57 Å². The Balaban J connectivity index is 2.74. The molecule has 0 unspecified atom stereocenters. The van der Waals surface area contributed by atoms with Gasteiger partial charge in [0.2, 0.25) is 0 Å². The fourth-order valence-electron chi connectivity index (χ4n) is 1.26. The SMILES string of the molecule is COC(=O)C1=CN(C)C=C(CO)C1. The van der Waals surface area contributed by atoms with Gasteiger partial charge in [-0.1, -0.05) is 0 Å². The Hall–Kier alpha value is -1.29. The summed E-state index contributed by atoms with van der Waals surface area (Å²) in [5.41, 5.74) is 1.38. The van der Waals surface area contributed by atoms with E-state index >= 15 is 0 Å². The molecule has 0 fully saturated rings. The number of hydrogen-bond acceptors (Lipinski definition) is 4. The third kappa shape index (κ3) is 2.32. The summed E-state index contributed by atoms with van der Waals surface area (Å²) in [5, 5.41) is 8.91. The third-order valence-corrected chi connectivity index (χ3v) is 1.81. The van der Waals surface area contributed by atoms with Crippen LogP contribution in [-0.4, -0.2) is 36.7 Å². The summed E-state index contributed by atoms with van der Waals surface area (Å²) in [7, 11) is 3.15. The summed E-state index contributed by atoms with van der Waals surface area (Å²) in [4.78, 5) is 12.9. The van der Waals surface area contributed by atoms with Gasteiger partial charge in [0.25, 0.3) is 0 Å². The van der Waals surface area contributed by atoms with Gasteiger partial charge >= 0.3 is 5.97 Å². The number of ether oxygens (including phenoxy) is 1. The lowest BCUT2D eigenvalue weighted by Crippen LogP contribution is -2.17. The van der Waals surface area contributed by atoms with E-state index in [0.717, 1.165) is 5.57 Å². The average Bonchev–Trinajstić information content (AvgIpc) is 2.15. The van der Waals surface area contributed by atoms with Crippen molar-refractivity contribution < 1.29 is 14.6 Å². The van der Waals surface area contributed by atoms with Crippen LogP contribution in [0.4, 0.5) is 0 Å². The number of esters is 1. The summed E-state index contributed by atoms with van der Waals surface area (Å²) in [6.07, 6.45) is 3.96. The Bertz CT molecular complexity index is 268. The second kappa shape index (κ2) is 4.09. The predicted octanol–water partition coefficient (Wildman–Crippen LogP) is 0.255. The van der Waals surface area contributed by atoms with E-state index < -0.39 is 0 Å². The van der Waals surface area contributed by atoms with Gasteiger partial charge in [-0.3, -0.25) is 0 Å². The van der Waals surface area contributed by atoms with Crippen molar-refractivity contribution in [3.05, 3.63) is 23.5 Å². The standard InChI is InChI=1S/C9H13NO3/c1-10-4-7(6-11)3-8(5-10)9(12)13-2/h4-5,11H,3,6H2,1-2H3. The molecular formula is C9H13NO3. The first-order chi connectivity index (χ1) is 6.17. The van der Waals surface area contributed by atoms with Crippen LogP contribution < -0.4 is 0 Å². The molecule has 1 N–H and O–H groups in total. The van der Waals surface area contributed by atoms with Crippen LogP contribution in [0.25, 0.3) is 0 Å². The number of aliphatic hydroxyl groups is 1. The van der Waals surface area contributed by atoms with Crippen molar-refractivity contribution in [2.45, 2.75) is 6.42 Å². The van der Waals surface area contributed by atoms with Crippen LogP contribution in [-0.2, 0) is 9.53 Å². The van der Waals surface area contributed by atoms with E-state index in [4.69, 9.17) is 5.11 Å². The number of methoxy groups -OCH3 is 1. The highest BCUT2D eigenvalue weighted by molar-refractivity contribution is 5.89. The molecule has 1 aliphatic rings. The van der Waals surface area contributed by atoms with Crippen LogP contribution in [0, 0.1) is 0 Å². The van der Waals surface area contributed by atoms with Crippen LogP contribution in [0.1, 0.15) is 6.42 Å². The van der Waals surface area contributed by atoms with Crippen molar-refractivity contribution in [3.8, 4) is 0 Å². The van der Waals surface area contributed by atoms with Crippen LogP contribution in [0.5, 0.6) is 0 Å². The number of aliphatic hydroxyl groups excluding tert-OH is 1. The van der Waals surface area contributed by atoms with Crippen LogP contribution >= 0.6 is 0 Å². The molecule has 0 aromatic carbocycles. The first-order valence-corrected chi connectivity index (χ1v) is 3.98. The maximum atomic E-state index is 11.1. The van der Waals surface area contributed by atoms with Gasteiger partial charge in [0.1, 0.15) is 0 Å². The van der Waals surface area contributed by atoms with Gasteiger partial charge in [-0.2, -0.15) is 0 Å². The fraction of sp³-hybridized carbons (Fsp3) is 0.444. The van der Waals surface area contributed by atoms with Gasteiger partial charge in [-0.15, -0.1) is 0 Å². The van der Waals surface area contributed by atoms with Crippen molar-refractivity contribution in [2.75, 3.05) is 20.8 Å². The largest absolute Gasteiger partial charge is 0.466 e. The second-order valence-electron chi connectivity index (χ2n) is 2.93. The fourth-order valence-corrected chi connectivity index (χ4v) is 1.26. The number of carbonyl (C=O) groups excluding carboxylic acids is 1. The zero-order chi connectivity index (χ0) is 9.84. The summed E-state index contributed by atoms with van der Waals surface area (Å²) in [5.74, 6) is -0.342. The molecule has 0 spiro atoms. The summed E-state index contributed by atoms with van der Waals surface area (Å²) >= 11 is 0. The molecule has 0 amide bonds. The number of rotatable bonds is 2. The average molecular weight is 183 g/mol. The highest BCUT2D eigenvalue weighted by Crippen LogP contribution is 2.18. The minimum atomic E-state index is -0.342. The predicted molar refractivity (Wildman–Crippen MR) is 47.6 cm³/mol. The monoisotopic (exact) mass is 183 g/mol. The molecule has 13 heavy (non-hydrogen) atoms. The van der Waals surface area contributed by atoms with Gasteiger partial charge in [0, 0.05) is 25.9 Å². The van der Waals surface area contributed by atoms with Crippen molar-refractivity contribution in [1.29, 1.82) is 0 Å². The molecule has 1 aliphatic heterocycles. The van der Waals surface area contributed by atoms with Gasteiger partial charge in [-0.25, -0.2) is 4.79 Å². The smallest absolute Gasteiger partial charge is 0.335 e. The minimum absolute atomic E-state index is 0.0291. The molecule has 4 heteroatoms. The molecule has 4 nitrogen and oxygen atoms in total. The molecule has 72 valence electrons. The first kappa shape index (κ1) is 9.80. The highest BCUT2D eigenvalue weighted by Gasteiger charge is 2.16. The molecule has 0 radical (unpaired) electrons. The van der Waals surface area contributed by atoms with Crippen LogP contribution in [0.2, 0.25) is 0 Å². The zero-order valence-electron chi connectivity index (χ0n) is 7.78. The lowest BCUT2D eigenvalue weighted by atomic mass is 10.1. The molecule has 0 bridgehead atoms. The Kier molecular flexibility index (Phi) is 3.08. The lowest BCUT2D eigenvalue weighted by Gasteiger charge is -2.19. The second-order valence-corrected chi connectivity index (χ2v) is 2.93. The summed E-state index contributed by atoms with van der Waals surface area (Å²) in [6.45, 7) is -0.0291. The van der Waals surface area contributed by atoms with E-state index in [1.54, 1.807) is 24.3 Å². The van der Waals surface area contributed by atoms with Crippen molar-refractivity contribution in [3.63, 3.8) is 0 Å². The van der Waals surface area contributed by atoms with Crippen molar-refractivity contribution in [1.82, 2.24) is 4.90 Å². The molecule has 0 atom stereocenters. The van der Waals surface area contributed by atoms with E-state index in [1.807, 2.05) is 0 Å². The summed E-state index contributed by atoms with van der Waals surface area (Å²) in [6, 6.07) is 0. The van der Waals surface area contributed by atoms with E-state index in [0.29, 0.717) is 12.0 Å². The molecule has 1 heterocycles. The van der Waals surface area contributed by atoms with E-state index in [1.165, 1.54) is 7.11 Å².